The van der Waals surface area contributed by atoms with Gasteiger partial charge in [0.25, 0.3) is 5.92 Å². The number of halogens is 2. The number of nitrogens with zero attached hydrogens (tertiary/aromatic N) is 5. The Hall–Kier alpha value is -2.98. The molecular formula is C22H21F2N7S. The van der Waals surface area contributed by atoms with Crippen molar-refractivity contribution in [1.82, 2.24) is 30.7 Å². The lowest BCUT2D eigenvalue weighted by Gasteiger charge is -2.36. The number of piperidine rings is 1. The highest BCUT2D eigenvalue weighted by Gasteiger charge is 2.53. The molecule has 3 atom stereocenters. The van der Waals surface area contributed by atoms with Crippen LogP contribution in [0.3, 0.4) is 0 Å². The summed E-state index contributed by atoms with van der Waals surface area (Å²) in [6.07, 6.45) is 4.64. The molecule has 32 heavy (non-hydrogen) atoms. The van der Waals surface area contributed by atoms with Crippen molar-refractivity contribution in [1.29, 1.82) is 0 Å². The Labute approximate surface area is 186 Å². The highest BCUT2D eigenvalue weighted by Crippen LogP contribution is 2.41. The van der Waals surface area contributed by atoms with Gasteiger partial charge >= 0.3 is 0 Å². The van der Waals surface area contributed by atoms with Crippen molar-refractivity contribution in [3.8, 4) is 22.4 Å². The van der Waals surface area contributed by atoms with Crippen LogP contribution in [0.2, 0.25) is 0 Å². The predicted octanol–water partition coefficient (Wildman–Crippen LogP) is 4.11. The van der Waals surface area contributed by atoms with Gasteiger partial charge in [0.15, 0.2) is 5.82 Å². The Balaban J connectivity index is 1.27. The third-order valence-electron chi connectivity index (χ3n) is 6.66. The number of aromatic amines is 1. The molecule has 0 spiro atoms. The van der Waals surface area contributed by atoms with Crippen LogP contribution >= 0.6 is 11.3 Å². The number of alkyl halides is 2. The number of hydrogen-bond acceptors (Lipinski definition) is 7. The number of thiazole rings is 1. The summed E-state index contributed by atoms with van der Waals surface area (Å²) in [6.45, 7) is 0. The molecule has 3 aromatic heterocycles. The van der Waals surface area contributed by atoms with E-state index in [1.54, 1.807) is 17.5 Å². The first-order valence-electron chi connectivity index (χ1n) is 10.6. The van der Waals surface area contributed by atoms with Gasteiger partial charge < -0.3 is 10.2 Å². The van der Waals surface area contributed by atoms with E-state index >= 15 is 0 Å². The van der Waals surface area contributed by atoms with Gasteiger partial charge in [0.05, 0.1) is 33.7 Å². The van der Waals surface area contributed by atoms with Crippen molar-refractivity contribution >= 4 is 27.4 Å². The average molecular weight is 454 g/mol. The molecule has 0 saturated carbocycles. The zero-order valence-electron chi connectivity index (χ0n) is 17.3. The number of H-pyrrole nitrogens is 1. The van der Waals surface area contributed by atoms with E-state index in [0.29, 0.717) is 18.7 Å². The Bertz CT molecular complexity index is 1260. The molecule has 3 unspecified atom stereocenters. The van der Waals surface area contributed by atoms with Crippen LogP contribution in [0.1, 0.15) is 19.3 Å². The van der Waals surface area contributed by atoms with Crippen molar-refractivity contribution in [2.24, 2.45) is 0 Å². The van der Waals surface area contributed by atoms with Gasteiger partial charge in [-0.05, 0) is 25.0 Å². The Morgan fingerprint density at radius 1 is 1.12 bits per heavy atom. The minimum atomic E-state index is -2.63. The molecule has 2 bridgehead atoms. The zero-order chi connectivity index (χ0) is 21.9. The third-order valence-corrected chi connectivity index (χ3v) is 7.52. The van der Waals surface area contributed by atoms with Gasteiger partial charge in [0.1, 0.15) is 0 Å². The van der Waals surface area contributed by atoms with Crippen molar-refractivity contribution in [3.63, 3.8) is 0 Å². The molecule has 4 aromatic rings. The Morgan fingerprint density at radius 2 is 2.00 bits per heavy atom. The second kappa shape index (κ2) is 7.28. The minimum absolute atomic E-state index is 0.0159. The van der Waals surface area contributed by atoms with Crippen LogP contribution < -0.4 is 10.2 Å². The summed E-state index contributed by atoms with van der Waals surface area (Å²) in [5, 5.41) is 18.8. The molecule has 2 saturated heterocycles. The van der Waals surface area contributed by atoms with Crippen LogP contribution in [-0.2, 0) is 0 Å². The van der Waals surface area contributed by atoms with Gasteiger partial charge in [-0.25, -0.2) is 13.8 Å². The molecule has 2 N–H and O–H groups in total. The molecule has 164 valence electrons. The van der Waals surface area contributed by atoms with E-state index in [1.807, 2.05) is 47.9 Å². The maximum atomic E-state index is 14.1. The van der Waals surface area contributed by atoms with E-state index in [1.165, 1.54) is 0 Å². The number of anilines is 1. The van der Waals surface area contributed by atoms with Crippen molar-refractivity contribution < 1.29 is 8.78 Å². The standard InChI is InChI=1S/C22H21F2N7S/c1-31(14-6-13-8-22(23,24)18(7-14)28-13)19-5-4-17(29-30-19)16-3-2-15(12-9-26-27-10-12)20-21(16)32-11-25-20/h2-5,9-11,13-14,18,28H,6-8H2,1H3,(H,26,27). The quantitative estimate of drug-likeness (QED) is 0.484. The molecule has 0 aliphatic carbocycles. The van der Waals surface area contributed by atoms with Crippen LogP contribution in [0, 0.1) is 0 Å². The summed E-state index contributed by atoms with van der Waals surface area (Å²) in [6, 6.07) is 7.03. The van der Waals surface area contributed by atoms with Crippen LogP contribution in [-0.4, -0.2) is 56.5 Å². The van der Waals surface area contributed by atoms with Gasteiger partial charge in [0.2, 0.25) is 0 Å². The third kappa shape index (κ3) is 3.17. The normalized spacial score (nSPS) is 24.2. The summed E-state index contributed by atoms with van der Waals surface area (Å²) in [4.78, 5) is 6.54. The topological polar surface area (TPSA) is 82.6 Å². The fourth-order valence-electron chi connectivity index (χ4n) is 4.97. The lowest BCUT2D eigenvalue weighted by molar-refractivity contribution is -0.0128. The smallest absolute Gasteiger partial charge is 0.264 e. The van der Waals surface area contributed by atoms with Crippen molar-refractivity contribution in [3.05, 3.63) is 42.2 Å². The number of fused-ring (bicyclic) bond motifs is 3. The SMILES string of the molecule is CN(c1ccc(-c2ccc(-c3cn[nH]c3)c3ncsc23)nn1)C1CC2CC(F)(F)C(C1)N2. The van der Waals surface area contributed by atoms with Crippen molar-refractivity contribution in [2.75, 3.05) is 11.9 Å². The Kier molecular flexibility index (Phi) is 4.48. The first-order chi connectivity index (χ1) is 15.5. The monoisotopic (exact) mass is 453 g/mol. The van der Waals surface area contributed by atoms with Crippen LogP contribution in [0.4, 0.5) is 14.6 Å². The van der Waals surface area contributed by atoms with E-state index in [0.717, 1.165) is 32.6 Å². The Morgan fingerprint density at radius 3 is 2.75 bits per heavy atom. The van der Waals surface area contributed by atoms with E-state index in [9.17, 15) is 8.78 Å². The minimum Gasteiger partial charge on any atom is -0.355 e. The molecule has 2 aliphatic heterocycles. The molecule has 6 rings (SSSR count). The second-order valence-electron chi connectivity index (χ2n) is 8.57. The largest absolute Gasteiger partial charge is 0.355 e. The maximum absolute atomic E-state index is 14.1. The lowest BCUT2D eigenvalue weighted by Crippen LogP contribution is -2.49. The van der Waals surface area contributed by atoms with Gasteiger partial charge in [-0.15, -0.1) is 21.5 Å². The first kappa shape index (κ1) is 19.7. The fourth-order valence-corrected chi connectivity index (χ4v) is 5.81. The second-order valence-corrected chi connectivity index (χ2v) is 9.43. The summed E-state index contributed by atoms with van der Waals surface area (Å²) in [7, 11) is 1.92. The molecular weight excluding hydrogens is 432 g/mol. The fraction of sp³-hybridized carbons (Fsp3) is 0.364. The van der Waals surface area contributed by atoms with Gasteiger partial charge in [-0.2, -0.15) is 5.10 Å². The van der Waals surface area contributed by atoms with E-state index < -0.39 is 12.0 Å². The number of benzene rings is 1. The number of nitrogens with one attached hydrogen (secondary N) is 2. The van der Waals surface area contributed by atoms with E-state index in [-0.39, 0.29) is 18.5 Å². The number of aromatic nitrogens is 5. The summed E-state index contributed by atoms with van der Waals surface area (Å²) in [5.41, 5.74) is 6.46. The molecule has 10 heteroatoms. The highest BCUT2D eigenvalue weighted by molar-refractivity contribution is 7.17. The summed E-state index contributed by atoms with van der Waals surface area (Å²) in [5.74, 6) is -1.93. The maximum Gasteiger partial charge on any atom is 0.264 e. The summed E-state index contributed by atoms with van der Waals surface area (Å²) < 4.78 is 29.2. The van der Waals surface area contributed by atoms with Gasteiger partial charge in [0, 0.05) is 48.4 Å². The average Bonchev–Trinajstić information content (AvgIpc) is 3.53. The van der Waals surface area contributed by atoms with E-state index in [4.69, 9.17) is 0 Å². The molecule has 2 aliphatic rings. The highest BCUT2D eigenvalue weighted by atomic mass is 32.1. The van der Waals surface area contributed by atoms with Crippen LogP contribution in [0.5, 0.6) is 0 Å². The molecule has 7 nitrogen and oxygen atoms in total. The van der Waals surface area contributed by atoms with Gasteiger partial charge in [-0.1, -0.05) is 12.1 Å². The van der Waals surface area contributed by atoms with Crippen molar-refractivity contribution in [2.45, 2.75) is 43.3 Å². The van der Waals surface area contributed by atoms with Gasteiger partial charge in [-0.3, -0.25) is 5.10 Å². The lowest BCUT2D eigenvalue weighted by atomic mass is 9.98. The molecule has 0 amide bonds. The molecule has 1 aromatic carbocycles. The van der Waals surface area contributed by atoms with Crippen LogP contribution in [0.15, 0.2) is 42.2 Å². The zero-order valence-corrected chi connectivity index (χ0v) is 18.1. The summed E-state index contributed by atoms with van der Waals surface area (Å²) >= 11 is 1.56. The molecule has 0 radical (unpaired) electrons. The van der Waals surface area contributed by atoms with E-state index in [2.05, 4.69) is 30.7 Å². The molecule has 5 heterocycles. The number of rotatable bonds is 4. The van der Waals surface area contributed by atoms with Crippen LogP contribution in [0.25, 0.3) is 32.6 Å². The number of hydrogen-bond donors (Lipinski definition) is 2. The predicted molar refractivity (Wildman–Crippen MR) is 120 cm³/mol. The molecule has 2 fully saturated rings. The first-order valence-corrected chi connectivity index (χ1v) is 11.4.